The molecule has 0 atom stereocenters. The third-order valence-corrected chi connectivity index (χ3v) is 5.41. The van der Waals surface area contributed by atoms with E-state index in [1.807, 2.05) is 52.1 Å². The third-order valence-electron chi connectivity index (χ3n) is 4.57. The van der Waals surface area contributed by atoms with Gasteiger partial charge < -0.3 is 29.8 Å². The van der Waals surface area contributed by atoms with Gasteiger partial charge in [0.25, 0.3) is 12.4 Å². The molecule has 0 saturated carbocycles. The number of hydrogen-bond donors (Lipinski definition) is 3. The van der Waals surface area contributed by atoms with Crippen molar-refractivity contribution in [2.24, 2.45) is 0 Å². The van der Waals surface area contributed by atoms with E-state index in [0.29, 0.717) is 45.0 Å². The van der Waals surface area contributed by atoms with E-state index < -0.39 is 0 Å². The predicted octanol–water partition coefficient (Wildman–Crippen LogP) is 2.80. The smallest absolute Gasteiger partial charge is 0.293 e. The van der Waals surface area contributed by atoms with E-state index in [0.717, 1.165) is 28.8 Å². The van der Waals surface area contributed by atoms with Gasteiger partial charge >= 0.3 is 0 Å². The Morgan fingerprint density at radius 3 is 2.42 bits per heavy atom. The first kappa shape index (κ1) is 29.1. The largest absolute Gasteiger partial charge is 0.462 e. The van der Waals surface area contributed by atoms with E-state index in [1.54, 1.807) is 11.6 Å². The van der Waals surface area contributed by atoms with Crippen LogP contribution in [0.15, 0.2) is 35.8 Å². The number of para-hydroxylation sites is 1. The maximum atomic E-state index is 12.7. The average molecular weight is 519 g/mol. The van der Waals surface area contributed by atoms with E-state index in [1.165, 1.54) is 0 Å². The van der Waals surface area contributed by atoms with Crippen molar-refractivity contribution in [1.29, 1.82) is 0 Å². The van der Waals surface area contributed by atoms with Crippen molar-refractivity contribution in [1.82, 2.24) is 20.6 Å². The molecule has 3 aromatic rings. The Hall–Kier alpha value is -3.12. The van der Waals surface area contributed by atoms with E-state index in [-0.39, 0.29) is 28.0 Å². The molecule has 0 radical (unpaired) electrons. The van der Waals surface area contributed by atoms with Gasteiger partial charge in [0.1, 0.15) is 11.3 Å². The summed E-state index contributed by atoms with van der Waals surface area (Å²) in [6, 6.07) is 7.57. The fourth-order valence-corrected chi connectivity index (χ4v) is 3.58. The maximum Gasteiger partial charge on any atom is 0.293 e. The second kappa shape index (κ2) is 15.1. The molecule has 11 heteroatoms. The Labute approximate surface area is 214 Å². The zero-order valence-corrected chi connectivity index (χ0v) is 21.9. The monoisotopic (exact) mass is 518 g/mol. The number of nitrogens with zero attached hydrogens (tertiary/aromatic N) is 1. The maximum absolute atomic E-state index is 12.7. The molecule has 0 aliphatic rings. The highest BCUT2D eigenvalue weighted by Crippen LogP contribution is 2.22. The molecule has 0 aliphatic heterocycles. The first-order chi connectivity index (χ1) is 17.3. The number of ketones is 1. The Balaban J connectivity index is 0.000000572. The SMILES string of the molecule is CC(C)(C)OC=O.CNCCOCCOCCNC(=O)c1csc(C(=O)c2c[nH]c3ccccc23)n1. The molecular formula is C25H34N4O6S. The van der Waals surface area contributed by atoms with Crippen molar-refractivity contribution >= 4 is 40.4 Å². The lowest BCUT2D eigenvalue weighted by atomic mass is 10.1. The number of fused-ring (bicyclic) bond motifs is 1. The van der Waals surface area contributed by atoms with Gasteiger partial charge in [-0.1, -0.05) is 18.2 Å². The summed E-state index contributed by atoms with van der Waals surface area (Å²) in [6.07, 6.45) is 1.67. The van der Waals surface area contributed by atoms with Crippen LogP contribution in [-0.2, 0) is 19.0 Å². The highest BCUT2D eigenvalue weighted by atomic mass is 32.1. The number of benzene rings is 1. The fourth-order valence-electron chi connectivity index (χ4n) is 2.82. The number of aromatic amines is 1. The standard InChI is InChI=1S/C20H24N4O4S.C5H10O2/c1-21-6-8-27-10-11-28-9-7-22-19(26)17-13-29-20(24-17)18(25)15-12-23-16-5-3-2-4-14(15)16;1-5(2,3)7-4-6/h2-5,12-13,21,23H,6-11H2,1H3,(H,22,26);4H,1-3H3. The van der Waals surface area contributed by atoms with E-state index in [2.05, 4.69) is 25.3 Å². The van der Waals surface area contributed by atoms with Crippen molar-refractivity contribution in [2.45, 2.75) is 26.4 Å². The molecule has 10 nitrogen and oxygen atoms in total. The van der Waals surface area contributed by atoms with Gasteiger partial charge in [0.05, 0.1) is 32.0 Å². The number of ether oxygens (including phenoxy) is 3. The minimum absolute atomic E-state index is 0.201. The molecule has 36 heavy (non-hydrogen) atoms. The van der Waals surface area contributed by atoms with E-state index >= 15 is 0 Å². The summed E-state index contributed by atoms with van der Waals surface area (Å²) in [5.74, 6) is -0.527. The first-order valence-corrected chi connectivity index (χ1v) is 12.4. The van der Waals surface area contributed by atoms with Gasteiger partial charge in [0, 0.05) is 35.6 Å². The summed E-state index contributed by atoms with van der Waals surface area (Å²) in [4.78, 5) is 41.8. The first-order valence-electron chi connectivity index (χ1n) is 11.5. The van der Waals surface area contributed by atoms with Crippen LogP contribution in [0.25, 0.3) is 10.9 Å². The molecule has 1 amide bonds. The van der Waals surface area contributed by atoms with Gasteiger partial charge in [-0.3, -0.25) is 14.4 Å². The van der Waals surface area contributed by atoms with Crippen LogP contribution >= 0.6 is 11.3 Å². The van der Waals surface area contributed by atoms with Crippen LogP contribution in [0.2, 0.25) is 0 Å². The summed E-state index contributed by atoms with van der Waals surface area (Å²) in [7, 11) is 1.87. The van der Waals surface area contributed by atoms with Gasteiger partial charge in [-0.25, -0.2) is 4.98 Å². The zero-order chi connectivity index (χ0) is 26.4. The molecule has 0 saturated heterocycles. The second-order valence-corrected chi connectivity index (χ2v) is 9.38. The number of carbonyl (C=O) groups excluding carboxylic acids is 3. The molecule has 0 fully saturated rings. The minimum Gasteiger partial charge on any atom is -0.462 e. The topological polar surface area (TPSA) is 132 Å². The molecule has 3 N–H and O–H groups in total. The number of carbonyl (C=O) groups is 3. The third kappa shape index (κ3) is 9.86. The molecular weight excluding hydrogens is 484 g/mol. The summed E-state index contributed by atoms with van der Waals surface area (Å²) in [5.41, 5.74) is 1.35. The molecule has 1 aromatic carbocycles. The summed E-state index contributed by atoms with van der Waals surface area (Å²) in [6.45, 7) is 9.09. The second-order valence-electron chi connectivity index (χ2n) is 8.53. The van der Waals surface area contributed by atoms with Crippen molar-refractivity contribution in [3.63, 3.8) is 0 Å². The Bertz CT molecular complexity index is 1110. The van der Waals surface area contributed by atoms with Crippen LogP contribution in [0.5, 0.6) is 0 Å². The Kier molecular flexibility index (Phi) is 12.2. The number of nitrogens with one attached hydrogen (secondary N) is 3. The Morgan fingerprint density at radius 2 is 1.78 bits per heavy atom. The molecule has 3 rings (SSSR count). The average Bonchev–Trinajstić information content (AvgIpc) is 3.50. The fraction of sp³-hybridized carbons (Fsp3) is 0.440. The van der Waals surface area contributed by atoms with Crippen LogP contribution < -0.4 is 10.6 Å². The molecule has 2 aromatic heterocycles. The van der Waals surface area contributed by atoms with Gasteiger partial charge in [0.15, 0.2) is 5.01 Å². The number of hydrogen-bond acceptors (Lipinski definition) is 9. The van der Waals surface area contributed by atoms with E-state index in [9.17, 15) is 14.4 Å². The summed E-state index contributed by atoms with van der Waals surface area (Å²) in [5, 5.41) is 8.45. The molecule has 0 spiro atoms. The lowest BCUT2D eigenvalue weighted by Crippen LogP contribution is -2.28. The molecule has 0 aliphatic carbocycles. The highest BCUT2D eigenvalue weighted by molar-refractivity contribution is 7.12. The van der Waals surface area contributed by atoms with E-state index in [4.69, 9.17) is 9.47 Å². The van der Waals surface area contributed by atoms with Crippen molar-refractivity contribution in [3.05, 3.63) is 52.1 Å². The van der Waals surface area contributed by atoms with Crippen molar-refractivity contribution in [3.8, 4) is 0 Å². The normalized spacial score (nSPS) is 11.0. The van der Waals surface area contributed by atoms with Gasteiger partial charge in [-0.15, -0.1) is 11.3 Å². The lowest BCUT2D eigenvalue weighted by molar-refractivity contribution is -0.138. The Morgan fingerprint density at radius 1 is 1.08 bits per heavy atom. The summed E-state index contributed by atoms with van der Waals surface area (Å²) >= 11 is 1.16. The minimum atomic E-state index is -0.326. The van der Waals surface area contributed by atoms with Crippen LogP contribution in [0.4, 0.5) is 0 Å². The number of likely N-dealkylation sites (N-methyl/N-ethyl adjacent to an activating group) is 1. The molecule has 0 unspecified atom stereocenters. The number of H-pyrrole nitrogens is 1. The van der Waals surface area contributed by atoms with Gasteiger partial charge in [-0.2, -0.15) is 0 Å². The highest BCUT2D eigenvalue weighted by Gasteiger charge is 2.19. The van der Waals surface area contributed by atoms with Gasteiger partial charge in [0.2, 0.25) is 5.78 Å². The van der Waals surface area contributed by atoms with Gasteiger partial charge in [-0.05, 0) is 33.9 Å². The molecule has 196 valence electrons. The van der Waals surface area contributed by atoms with Crippen LogP contribution in [0.3, 0.4) is 0 Å². The quantitative estimate of drug-likeness (QED) is 0.179. The van der Waals surface area contributed by atoms with Crippen LogP contribution in [-0.4, -0.2) is 80.3 Å². The molecule has 0 bridgehead atoms. The lowest BCUT2D eigenvalue weighted by Gasteiger charge is -2.14. The number of aromatic nitrogens is 2. The number of amides is 1. The van der Waals surface area contributed by atoms with Crippen molar-refractivity contribution < 1.29 is 28.6 Å². The van der Waals surface area contributed by atoms with Crippen LogP contribution in [0, 0.1) is 0 Å². The number of thiazole rings is 1. The predicted molar refractivity (Wildman–Crippen MR) is 139 cm³/mol. The zero-order valence-electron chi connectivity index (χ0n) is 21.1. The van der Waals surface area contributed by atoms with Crippen molar-refractivity contribution in [2.75, 3.05) is 46.6 Å². The number of rotatable bonds is 13. The van der Waals surface area contributed by atoms with Crippen LogP contribution in [0.1, 0.15) is 46.6 Å². The summed E-state index contributed by atoms with van der Waals surface area (Å²) < 4.78 is 15.3. The molecule has 2 heterocycles.